The molecule has 304 valence electrons. The fraction of sp³-hybridized carbons (Fsp3) is 0.276. The van der Waals surface area contributed by atoms with Crippen LogP contribution in [0.15, 0.2) is 133 Å². The van der Waals surface area contributed by atoms with E-state index in [-0.39, 0.29) is 0 Å². The van der Waals surface area contributed by atoms with Gasteiger partial charge in [0, 0.05) is 33.5 Å². The van der Waals surface area contributed by atoms with Crippen molar-refractivity contribution in [2.75, 3.05) is 9.80 Å². The monoisotopic (exact) mass is 786 g/mol. The molecule has 0 heterocycles. The van der Waals surface area contributed by atoms with Gasteiger partial charge in [-0.3, -0.25) is 0 Å². The van der Waals surface area contributed by atoms with Crippen molar-refractivity contribution >= 4 is 66.4 Å². The number of benzene rings is 8. The highest BCUT2D eigenvalue weighted by Crippen LogP contribution is 2.49. The minimum atomic E-state index is 0.400. The Balaban J connectivity index is 1.49. The first-order chi connectivity index (χ1) is 28.7. The summed E-state index contributed by atoms with van der Waals surface area (Å²) in [5.74, 6) is 1.60. The summed E-state index contributed by atoms with van der Waals surface area (Å²) in [5, 5.41) is 7.45. The molecule has 0 fully saturated rings. The van der Waals surface area contributed by atoms with Crippen LogP contribution in [0.4, 0.5) is 34.1 Å². The molecule has 8 aromatic carbocycles. The number of hydrogen-bond donors (Lipinski definition) is 0. The van der Waals surface area contributed by atoms with Crippen LogP contribution in [0.25, 0.3) is 32.3 Å². The highest BCUT2D eigenvalue weighted by atomic mass is 15.2. The second-order valence-corrected chi connectivity index (χ2v) is 18.7. The van der Waals surface area contributed by atoms with Gasteiger partial charge in [0.05, 0.1) is 11.4 Å². The van der Waals surface area contributed by atoms with Gasteiger partial charge in [0.15, 0.2) is 0 Å². The van der Waals surface area contributed by atoms with Crippen LogP contribution in [0.5, 0.6) is 0 Å². The second kappa shape index (κ2) is 16.3. The van der Waals surface area contributed by atoms with Crippen molar-refractivity contribution in [2.24, 2.45) is 0 Å². The van der Waals surface area contributed by atoms with Gasteiger partial charge >= 0.3 is 0 Å². The summed E-state index contributed by atoms with van der Waals surface area (Å²) in [6, 6.07) is 51.6. The second-order valence-electron chi connectivity index (χ2n) is 18.7. The Morgan fingerprint density at radius 3 is 0.833 bits per heavy atom. The van der Waals surface area contributed by atoms with E-state index in [1.54, 1.807) is 0 Å². The van der Waals surface area contributed by atoms with Crippen LogP contribution in [0, 0.1) is 27.7 Å². The first-order valence-corrected chi connectivity index (χ1v) is 22.1. The van der Waals surface area contributed by atoms with Crippen LogP contribution in [0.3, 0.4) is 0 Å². The molecule has 0 unspecified atom stereocenters. The molecule has 0 aliphatic carbocycles. The van der Waals surface area contributed by atoms with Crippen LogP contribution >= 0.6 is 0 Å². The minimum absolute atomic E-state index is 0.400. The lowest BCUT2D eigenvalue weighted by atomic mass is 9.91. The summed E-state index contributed by atoms with van der Waals surface area (Å²) in [6.45, 7) is 27.3. The van der Waals surface area contributed by atoms with Gasteiger partial charge in [-0.25, -0.2) is 0 Å². The molecule has 8 rings (SSSR count). The largest absolute Gasteiger partial charge is 0.310 e. The lowest BCUT2D eigenvalue weighted by Gasteiger charge is -2.31. The van der Waals surface area contributed by atoms with Crippen LogP contribution in [-0.4, -0.2) is 0 Å². The molecule has 0 aliphatic rings. The van der Waals surface area contributed by atoms with E-state index in [0.29, 0.717) is 23.7 Å². The Morgan fingerprint density at radius 2 is 0.550 bits per heavy atom. The summed E-state index contributed by atoms with van der Waals surface area (Å²) < 4.78 is 0. The molecule has 2 heteroatoms. The van der Waals surface area contributed by atoms with Gasteiger partial charge in [-0.2, -0.15) is 0 Å². The van der Waals surface area contributed by atoms with Crippen molar-refractivity contribution < 1.29 is 0 Å². The highest BCUT2D eigenvalue weighted by molar-refractivity contribution is 6.24. The molecule has 0 bridgehead atoms. The molecule has 0 spiro atoms. The average Bonchev–Trinajstić information content (AvgIpc) is 3.20. The van der Waals surface area contributed by atoms with E-state index in [0.717, 1.165) is 0 Å². The first kappa shape index (κ1) is 40.9. The molecule has 0 N–H and O–H groups in total. The Morgan fingerprint density at radius 1 is 0.283 bits per heavy atom. The van der Waals surface area contributed by atoms with Gasteiger partial charge < -0.3 is 9.80 Å². The third-order valence-corrected chi connectivity index (χ3v) is 12.4. The van der Waals surface area contributed by atoms with Gasteiger partial charge in [0.25, 0.3) is 0 Å². The standard InChI is InChI=1S/C58H62N2/c1-35(2)43-27-44(36(3)4)30-49(29-43)59(47-23-39(9)21-40(10)24-47)57-33-55-52-18-14-16-20-54(52)58(34-56(55)51-17-13-15-19-53(51)57)60(48-25-41(11)22-42(12)26-48)50-31-45(37(5)6)28-46(32-50)38(7)8/h13-38H,1-12H3. The third kappa shape index (κ3) is 7.81. The molecular weight excluding hydrogens is 725 g/mol. The molecule has 0 saturated heterocycles. The summed E-state index contributed by atoms with van der Waals surface area (Å²) in [6.07, 6.45) is 0. The maximum Gasteiger partial charge on any atom is 0.0546 e. The van der Waals surface area contributed by atoms with Crippen LogP contribution in [0.1, 0.15) is 124 Å². The Kier molecular flexibility index (Phi) is 11.1. The summed E-state index contributed by atoms with van der Waals surface area (Å²) in [5.41, 5.74) is 17.6. The SMILES string of the molecule is Cc1cc(C)cc(N(c2cc(C(C)C)cc(C(C)C)c2)c2cc3c4ccccc4c(N(c4cc(C)cc(C)c4)c4cc(C(C)C)cc(C(C)C)c4)cc3c3ccccc23)c1. The predicted octanol–water partition coefficient (Wildman–Crippen LogP) is 17.8. The third-order valence-electron chi connectivity index (χ3n) is 12.4. The molecule has 0 aromatic heterocycles. The number of nitrogens with zero attached hydrogens (tertiary/aromatic N) is 2. The highest BCUT2D eigenvalue weighted by Gasteiger charge is 2.24. The first-order valence-electron chi connectivity index (χ1n) is 22.1. The summed E-state index contributed by atoms with van der Waals surface area (Å²) >= 11 is 0. The number of hydrogen-bond acceptors (Lipinski definition) is 2. The molecule has 60 heavy (non-hydrogen) atoms. The van der Waals surface area contributed by atoms with Crippen molar-refractivity contribution in [2.45, 2.75) is 107 Å². The fourth-order valence-electron chi connectivity index (χ4n) is 9.21. The molecular formula is C58H62N2. The van der Waals surface area contributed by atoms with Gasteiger partial charge in [-0.05, 0) is 178 Å². The Labute approximate surface area is 359 Å². The normalized spacial score (nSPS) is 11.9. The van der Waals surface area contributed by atoms with E-state index in [1.807, 2.05) is 0 Å². The van der Waals surface area contributed by atoms with E-state index < -0.39 is 0 Å². The molecule has 8 aromatic rings. The lowest BCUT2D eigenvalue weighted by molar-refractivity contribution is 0.833. The quantitative estimate of drug-likeness (QED) is 0.127. The maximum atomic E-state index is 2.54. The molecule has 2 nitrogen and oxygen atoms in total. The minimum Gasteiger partial charge on any atom is -0.310 e. The van der Waals surface area contributed by atoms with Gasteiger partial charge in [-0.15, -0.1) is 0 Å². The van der Waals surface area contributed by atoms with Gasteiger partial charge in [0.1, 0.15) is 0 Å². The average molecular weight is 787 g/mol. The number of anilines is 6. The van der Waals surface area contributed by atoms with Crippen molar-refractivity contribution in [1.29, 1.82) is 0 Å². The molecule has 0 atom stereocenters. The summed E-state index contributed by atoms with van der Waals surface area (Å²) in [4.78, 5) is 5.07. The van der Waals surface area contributed by atoms with E-state index in [1.165, 1.54) is 111 Å². The molecule has 0 saturated carbocycles. The zero-order valence-corrected chi connectivity index (χ0v) is 37.9. The number of aryl methyl sites for hydroxylation is 4. The Bertz CT molecular complexity index is 2600. The van der Waals surface area contributed by atoms with E-state index in [2.05, 4.69) is 226 Å². The molecule has 0 radical (unpaired) electrons. The van der Waals surface area contributed by atoms with Crippen molar-refractivity contribution in [3.63, 3.8) is 0 Å². The van der Waals surface area contributed by atoms with Crippen molar-refractivity contribution in [1.82, 2.24) is 0 Å². The summed E-state index contributed by atoms with van der Waals surface area (Å²) in [7, 11) is 0. The Hall–Kier alpha value is -5.86. The smallest absolute Gasteiger partial charge is 0.0546 e. The fourth-order valence-corrected chi connectivity index (χ4v) is 9.21. The van der Waals surface area contributed by atoms with Crippen LogP contribution in [-0.2, 0) is 0 Å². The van der Waals surface area contributed by atoms with Crippen LogP contribution in [0.2, 0.25) is 0 Å². The maximum absolute atomic E-state index is 2.54. The zero-order valence-electron chi connectivity index (χ0n) is 37.9. The lowest BCUT2D eigenvalue weighted by Crippen LogP contribution is -2.13. The predicted molar refractivity (Wildman–Crippen MR) is 264 cm³/mol. The van der Waals surface area contributed by atoms with Crippen molar-refractivity contribution in [3.8, 4) is 0 Å². The number of fused-ring (bicyclic) bond motifs is 5. The zero-order chi connectivity index (χ0) is 42.6. The van der Waals surface area contributed by atoms with Gasteiger partial charge in [0.2, 0.25) is 0 Å². The molecule has 0 aliphatic heterocycles. The van der Waals surface area contributed by atoms with E-state index in [9.17, 15) is 0 Å². The van der Waals surface area contributed by atoms with Crippen LogP contribution < -0.4 is 9.80 Å². The molecule has 0 amide bonds. The topological polar surface area (TPSA) is 6.48 Å². The number of rotatable bonds is 10. The van der Waals surface area contributed by atoms with Crippen molar-refractivity contribution in [3.05, 3.63) is 178 Å². The van der Waals surface area contributed by atoms with E-state index in [4.69, 9.17) is 0 Å². The van der Waals surface area contributed by atoms with Gasteiger partial charge in [-0.1, -0.05) is 128 Å². The van der Waals surface area contributed by atoms with E-state index >= 15 is 0 Å².